The molecular formula is C130H84N4. The standard InChI is InChI=1S/2C65H42N2/c1-4-16-43(17-5-1)45-28-33-51(34-29-45)66-61-38-32-48(47-31-37-60-55(41-47)53-24-13-15-27-59(53)67(60)52-35-30-44-18-10-11-19-46(44)40-52)42-56(61)64-62(66)39-36-58-63(64)54-25-12-14-26-57(54)65(58,49-20-6-2-7-21-49)50-22-8-3-9-23-50;1-4-16-43(17-5-1)45-28-33-51(34-29-45)66-61-38-32-48(47-31-37-60-56(41-47)54-25-13-15-27-59(54)67(60)52-35-30-44-18-10-11-19-46(44)40-52)42-57(61)63-62(66)39-36-55-53-24-12-14-26-58(53)65(64(55)63,49-20-6-2-7-21-49)50-22-8-3-9-23-50/h2*1-42H. The van der Waals surface area contributed by atoms with E-state index in [1.54, 1.807) is 0 Å². The first-order valence-electron chi connectivity index (χ1n) is 46.5. The van der Waals surface area contributed by atoms with Crippen LogP contribution in [0, 0.1) is 0 Å². The highest BCUT2D eigenvalue weighted by atomic mass is 15.0. The highest BCUT2D eigenvalue weighted by molar-refractivity contribution is 6.21. The number of aromatic nitrogens is 4. The number of nitrogens with zero attached hydrogens (tertiary/aromatic N) is 4. The van der Waals surface area contributed by atoms with E-state index in [1.807, 2.05) is 0 Å². The number of fused-ring (bicyclic) bond motifs is 22. The third-order valence-electron chi connectivity index (χ3n) is 29.1. The molecule has 2 aliphatic rings. The number of hydrogen-bond donors (Lipinski definition) is 0. The third-order valence-corrected chi connectivity index (χ3v) is 29.1. The lowest BCUT2D eigenvalue weighted by atomic mass is 9.67. The fourth-order valence-electron chi connectivity index (χ4n) is 23.4. The lowest BCUT2D eigenvalue weighted by Crippen LogP contribution is -2.28. The number of benzene rings is 22. The lowest BCUT2D eigenvalue weighted by Gasteiger charge is -2.34. The second-order valence-electron chi connectivity index (χ2n) is 36.0. The SMILES string of the molecule is c1ccc(-c2ccc(-n3c4ccc(-c5ccc6c(c5)c5ccccc5n6-c5ccc6ccccc6c5)cc4c4c5c(ccc43)-c3ccccc3C5(c3ccccc3)c3ccccc3)cc2)cc1.c1ccc(-c2ccc(-n3c4ccc(-c5ccc6c(c5)c5ccccc5n6-c5ccc6ccccc6c5)cc4c4c5c(ccc43)C(c3ccccc3)(c3ccccc3)c3ccccc3-5)cc2)cc1. The van der Waals surface area contributed by atoms with Gasteiger partial charge in [0.15, 0.2) is 0 Å². The summed E-state index contributed by atoms with van der Waals surface area (Å²) in [6.45, 7) is 0. The normalized spacial score (nSPS) is 12.9. The van der Waals surface area contributed by atoms with Crippen molar-refractivity contribution in [1.82, 2.24) is 18.3 Å². The van der Waals surface area contributed by atoms with Gasteiger partial charge in [-0.25, -0.2) is 0 Å². The molecule has 0 radical (unpaired) electrons. The summed E-state index contributed by atoms with van der Waals surface area (Å²) >= 11 is 0. The molecule has 2 aliphatic carbocycles. The van der Waals surface area contributed by atoms with Crippen molar-refractivity contribution in [3.05, 3.63) is 554 Å². The average molecular weight is 1700 g/mol. The van der Waals surface area contributed by atoms with E-state index in [2.05, 4.69) is 528 Å². The third kappa shape index (κ3) is 11.6. The largest absolute Gasteiger partial charge is 0.309 e. The zero-order valence-electron chi connectivity index (χ0n) is 73.3. The van der Waals surface area contributed by atoms with E-state index in [-0.39, 0.29) is 0 Å². The first-order chi connectivity index (χ1) is 66.5. The second kappa shape index (κ2) is 30.6. The Labute approximate surface area is 776 Å². The smallest absolute Gasteiger partial charge is 0.0720 e. The van der Waals surface area contributed by atoms with Gasteiger partial charge in [-0.15, -0.1) is 0 Å². The molecule has 624 valence electrons. The van der Waals surface area contributed by atoms with Crippen LogP contribution < -0.4 is 0 Å². The molecule has 0 saturated carbocycles. The highest BCUT2D eigenvalue weighted by Gasteiger charge is 2.49. The Hall–Kier alpha value is -17.4. The van der Waals surface area contributed by atoms with Crippen molar-refractivity contribution < 1.29 is 0 Å². The predicted molar refractivity (Wildman–Crippen MR) is 562 cm³/mol. The molecule has 0 saturated heterocycles. The van der Waals surface area contributed by atoms with E-state index < -0.39 is 10.8 Å². The van der Waals surface area contributed by atoms with Crippen molar-refractivity contribution in [1.29, 1.82) is 0 Å². The van der Waals surface area contributed by atoms with Crippen LogP contribution in [0.3, 0.4) is 0 Å². The number of rotatable bonds is 12. The van der Waals surface area contributed by atoms with Crippen LogP contribution in [-0.2, 0) is 10.8 Å². The molecule has 28 rings (SSSR count). The first kappa shape index (κ1) is 76.6. The van der Waals surface area contributed by atoms with Gasteiger partial charge in [0.1, 0.15) is 0 Å². The Bertz CT molecular complexity index is 9120. The second-order valence-corrected chi connectivity index (χ2v) is 36.0. The van der Waals surface area contributed by atoms with Gasteiger partial charge in [-0.1, -0.05) is 388 Å². The number of para-hydroxylation sites is 2. The summed E-state index contributed by atoms with van der Waals surface area (Å²) in [5.74, 6) is 0. The molecule has 26 aromatic rings. The van der Waals surface area contributed by atoms with Crippen LogP contribution >= 0.6 is 0 Å². The average Bonchev–Trinajstić information content (AvgIpc) is 1.52. The van der Waals surface area contributed by atoms with Crippen molar-refractivity contribution in [3.63, 3.8) is 0 Å². The van der Waals surface area contributed by atoms with Crippen molar-refractivity contribution >= 4 is 109 Å². The summed E-state index contributed by atoms with van der Waals surface area (Å²) in [4.78, 5) is 0. The molecule has 4 heterocycles. The fraction of sp³-hybridized carbons (Fsp3) is 0.0154. The molecule has 0 amide bonds. The minimum atomic E-state index is -0.566. The van der Waals surface area contributed by atoms with Crippen molar-refractivity contribution in [2.75, 3.05) is 0 Å². The summed E-state index contributed by atoms with van der Waals surface area (Å²) in [6, 6.07) is 189. The molecule has 0 bridgehead atoms. The fourth-order valence-corrected chi connectivity index (χ4v) is 23.4. The molecule has 0 unspecified atom stereocenters. The molecule has 0 atom stereocenters. The van der Waals surface area contributed by atoms with Crippen molar-refractivity contribution in [2.24, 2.45) is 0 Å². The maximum Gasteiger partial charge on any atom is 0.0720 e. The quantitative estimate of drug-likeness (QED) is 0.116. The van der Waals surface area contributed by atoms with E-state index in [0.29, 0.717) is 0 Å². The molecule has 4 nitrogen and oxygen atoms in total. The zero-order chi connectivity index (χ0) is 88.1. The Morgan fingerprint density at radius 2 is 0.455 bits per heavy atom. The lowest BCUT2D eigenvalue weighted by molar-refractivity contribution is 0.769. The van der Waals surface area contributed by atoms with Crippen LogP contribution in [0.25, 0.3) is 198 Å². The molecule has 134 heavy (non-hydrogen) atoms. The van der Waals surface area contributed by atoms with Gasteiger partial charge in [0, 0.05) is 65.8 Å². The monoisotopic (exact) mass is 1700 g/mol. The van der Waals surface area contributed by atoms with E-state index >= 15 is 0 Å². The summed E-state index contributed by atoms with van der Waals surface area (Å²) in [5.41, 5.74) is 38.2. The highest BCUT2D eigenvalue weighted by Crippen LogP contribution is 2.62. The molecular weight excluding hydrogens is 1620 g/mol. The van der Waals surface area contributed by atoms with Crippen LogP contribution in [0.5, 0.6) is 0 Å². The van der Waals surface area contributed by atoms with Crippen LogP contribution in [0.2, 0.25) is 0 Å². The molecule has 0 aliphatic heterocycles. The van der Waals surface area contributed by atoms with Gasteiger partial charge in [-0.3, -0.25) is 0 Å². The van der Waals surface area contributed by atoms with Gasteiger partial charge >= 0.3 is 0 Å². The van der Waals surface area contributed by atoms with Crippen LogP contribution in [-0.4, -0.2) is 18.3 Å². The Morgan fingerprint density at radius 3 is 0.918 bits per heavy atom. The number of hydrogen-bond acceptors (Lipinski definition) is 0. The molecule has 4 aromatic heterocycles. The van der Waals surface area contributed by atoms with Gasteiger partial charge in [0.05, 0.1) is 55.0 Å². The molecule has 0 fully saturated rings. The summed E-state index contributed by atoms with van der Waals surface area (Å²) < 4.78 is 9.83. The Kier molecular flexibility index (Phi) is 17.5. The molecule has 0 N–H and O–H groups in total. The topological polar surface area (TPSA) is 19.7 Å². The zero-order valence-corrected chi connectivity index (χ0v) is 73.3. The summed E-state index contributed by atoms with van der Waals surface area (Å²) in [5, 5.41) is 15.0. The molecule has 22 aromatic carbocycles. The van der Waals surface area contributed by atoms with Gasteiger partial charge in [0.2, 0.25) is 0 Å². The summed E-state index contributed by atoms with van der Waals surface area (Å²) in [7, 11) is 0. The van der Waals surface area contributed by atoms with E-state index in [0.717, 1.165) is 11.4 Å². The maximum atomic E-state index is 2.49. The van der Waals surface area contributed by atoms with E-state index in [9.17, 15) is 0 Å². The van der Waals surface area contributed by atoms with Crippen LogP contribution in [0.1, 0.15) is 44.5 Å². The van der Waals surface area contributed by atoms with Crippen LogP contribution in [0.15, 0.2) is 510 Å². The van der Waals surface area contributed by atoms with E-state index in [1.165, 1.54) is 231 Å². The Balaban J connectivity index is 0.000000136. The van der Waals surface area contributed by atoms with Gasteiger partial charge in [-0.05, 0) is 254 Å². The van der Waals surface area contributed by atoms with E-state index in [4.69, 9.17) is 0 Å². The van der Waals surface area contributed by atoms with Gasteiger partial charge < -0.3 is 18.3 Å². The summed E-state index contributed by atoms with van der Waals surface area (Å²) in [6.07, 6.45) is 0. The van der Waals surface area contributed by atoms with Crippen molar-refractivity contribution in [3.8, 4) is 89.5 Å². The van der Waals surface area contributed by atoms with Crippen molar-refractivity contribution in [2.45, 2.75) is 10.8 Å². The first-order valence-corrected chi connectivity index (χ1v) is 46.5. The van der Waals surface area contributed by atoms with Gasteiger partial charge in [0.25, 0.3) is 0 Å². The predicted octanol–water partition coefficient (Wildman–Crippen LogP) is 33.5. The Morgan fingerprint density at radius 1 is 0.149 bits per heavy atom. The minimum absolute atomic E-state index is 0.504. The van der Waals surface area contributed by atoms with Crippen LogP contribution in [0.4, 0.5) is 0 Å². The maximum absolute atomic E-state index is 2.49. The molecule has 0 spiro atoms. The molecule has 4 heteroatoms. The van der Waals surface area contributed by atoms with Gasteiger partial charge in [-0.2, -0.15) is 0 Å². The minimum Gasteiger partial charge on any atom is -0.309 e.